The number of ether oxygens (including phenoxy) is 1. The van der Waals surface area contributed by atoms with E-state index < -0.39 is 10.0 Å². The van der Waals surface area contributed by atoms with Crippen LogP contribution < -0.4 is 4.90 Å². The van der Waals surface area contributed by atoms with Gasteiger partial charge in [0.1, 0.15) is 4.21 Å². The summed E-state index contributed by atoms with van der Waals surface area (Å²) >= 11 is 7.38. The highest BCUT2D eigenvalue weighted by atomic mass is 35.5. The molecular formula is C17H19ClN2O3S2. The fourth-order valence-corrected chi connectivity index (χ4v) is 6.65. The molecule has 0 saturated carbocycles. The van der Waals surface area contributed by atoms with E-state index in [2.05, 4.69) is 11.0 Å². The quantitative estimate of drug-likeness (QED) is 0.780. The monoisotopic (exact) mass is 398 g/mol. The lowest BCUT2D eigenvalue weighted by atomic mass is 9.93. The Kier molecular flexibility index (Phi) is 4.54. The predicted molar refractivity (Wildman–Crippen MR) is 100 cm³/mol. The van der Waals surface area contributed by atoms with Gasteiger partial charge in [-0.1, -0.05) is 23.7 Å². The minimum atomic E-state index is -3.42. The van der Waals surface area contributed by atoms with Crippen molar-refractivity contribution in [2.45, 2.75) is 10.1 Å². The predicted octanol–water partition coefficient (Wildman–Crippen LogP) is 3.00. The molecule has 0 radical (unpaired) electrons. The van der Waals surface area contributed by atoms with Gasteiger partial charge in [-0.2, -0.15) is 4.31 Å². The Labute approximate surface area is 156 Å². The number of rotatable bonds is 2. The average Bonchev–Trinajstić information content (AvgIpc) is 3.07. The van der Waals surface area contributed by atoms with Gasteiger partial charge in [0.05, 0.1) is 18.2 Å². The number of halogens is 1. The Hall–Kier alpha value is -1.12. The largest absolute Gasteiger partial charge is 0.378 e. The number of morpholine rings is 1. The van der Waals surface area contributed by atoms with Crippen molar-refractivity contribution in [1.29, 1.82) is 0 Å². The molecule has 2 aromatic rings. The van der Waals surface area contributed by atoms with E-state index in [0.717, 1.165) is 29.2 Å². The summed E-state index contributed by atoms with van der Waals surface area (Å²) in [5.74, 6) is 0.0202. The summed E-state index contributed by atoms with van der Waals surface area (Å²) in [7, 11) is -1.77. The molecular weight excluding hydrogens is 380 g/mol. The molecule has 5 nitrogen and oxygen atoms in total. The molecule has 1 fully saturated rings. The Balaban J connectivity index is 1.79. The third-order valence-electron chi connectivity index (χ3n) is 4.77. The van der Waals surface area contributed by atoms with Crippen LogP contribution in [-0.2, 0) is 14.8 Å². The maximum atomic E-state index is 12.8. The van der Waals surface area contributed by atoms with Crippen molar-refractivity contribution in [2.75, 3.05) is 44.8 Å². The second-order valence-corrected chi connectivity index (χ2v) is 10.0. The fourth-order valence-electron chi connectivity index (χ4n) is 3.33. The lowest BCUT2D eigenvalue weighted by Gasteiger charge is -2.29. The topological polar surface area (TPSA) is 49.9 Å². The number of nitrogens with zero attached hydrogens (tertiary/aromatic N) is 2. The number of thiophene rings is 1. The molecule has 1 aromatic heterocycles. The first kappa shape index (κ1) is 17.3. The highest BCUT2D eigenvalue weighted by Gasteiger charge is 2.38. The summed E-state index contributed by atoms with van der Waals surface area (Å²) in [4.78, 5) is 2.21. The molecule has 4 rings (SSSR count). The molecule has 1 aromatic carbocycles. The van der Waals surface area contributed by atoms with Gasteiger partial charge in [0.2, 0.25) is 0 Å². The molecule has 2 aliphatic rings. The van der Waals surface area contributed by atoms with Crippen molar-refractivity contribution < 1.29 is 13.2 Å². The minimum absolute atomic E-state index is 0.0202. The number of hydrogen-bond acceptors (Lipinski definition) is 5. The summed E-state index contributed by atoms with van der Waals surface area (Å²) in [5, 5.41) is 1.69. The number of fused-ring (bicyclic) bond motifs is 1. The zero-order valence-corrected chi connectivity index (χ0v) is 16.2. The molecule has 1 unspecified atom stereocenters. The van der Waals surface area contributed by atoms with Crippen LogP contribution in [0.25, 0.3) is 0 Å². The summed E-state index contributed by atoms with van der Waals surface area (Å²) in [5.41, 5.74) is 1.98. The van der Waals surface area contributed by atoms with Crippen LogP contribution in [0.3, 0.4) is 0 Å². The molecule has 0 N–H and O–H groups in total. The van der Waals surface area contributed by atoms with Crippen LogP contribution in [0.2, 0.25) is 5.02 Å². The number of hydrogen-bond donors (Lipinski definition) is 0. The average molecular weight is 399 g/mol. The number of anilines is 1. The van der Waals surface area contributed by atoms with Crippen molar-refractivity contribution in [3.63, 3.8) is 0 Å². The maximum Gasteiger partial charge on any atom is 0.252 e. The van der Waals surface area contributed by atoms with Crippen molar-refractivity contribution in [2.24, 2.45) is 0 Å². The molecule has 0 aliphatic carbocycles. The Morgan fingerprint density at radius 1 is 1.20 bits per heavy atom. The van der Waals surface area contributed by atoms with Gasteiger partial charge in [0, 0.05) is 37.6 Å². The van der Waals surface area contributed by atoms with Gasteiger partial charge in [0.25, 0.3) is 10.0 Å². The van der Waals surface area contributed by atoms with Crippen LogP contribution in [0.15, 0.2) is 34.5 Å². The van der Waals surface area contributed by atoms with Crippen LogP contribution in [0.4, 0.5) is 5.00 Å². The van der Waals surface area contributed by atoms with Crippen molar-refractivity contribution in [3.05, 3.63) is 46.5 Å². The van der Waals surface area contributed by atoms with Crippen LogP contribution in [0.1, 0.15) is 17.0 Å². The smallest absolute Gasteiger partial charge is 0.252 e. The zero-order chi connectivity index (χ0) is 17.6. The van der Waals surface area contributed by atoms with Crippen molar-refractivity contribution in [1.82, 2.24) is 4.31 Å². The molecule has 3 heterocycles. The third-order valence-corrected chi connectivity index (χ3v) is 8.58. The molecule has 25 heavy (non-hydrogen) atoms. The highest BCUT2D eigenvalue weighted by molar-refractivity contribution is 7.91. The molecule has 0 bridgehead atoms. The van der Waals surface area contributed by atoms with Crippen LogP contribution >= 0.6 is 22.9 Å². The number of sulfonamides is 1. The first-order valence-electron chi connectivity index (χ1n) is 8.15. The van der Waals surface area contributed by atoms with E-state index in [-0.39, 0.29) is 5.92 Å². The van der Waals surface area contributed by atoms with Gasteiger partial charge >= 0.3 is 0 Å². The van der Waals surface area contributed by atoms with E-state index in [4.69, 9.17) is 16.3 Å². The second-order valence-electron chi connectivity index (χ2n) is 6.32. The van der Waals surface area contributed by atoms with Gasteiger partial charge in [-0.3, -0.25) is 0 Å². The second kappa shape index (κ2) is 6.55. The molecule has 1 saturated heterocycles. The standard InChI is InChI=1S/C17H19ClN2O3S2/c1-19-11-15(12-2-4-13(18)5-3-12)14-10-16(20-6-8-23-9-7-20)24-17(14)25(19,21)22/h2-5,10,15H,6-9,11H2,1H3. The van der Waals surface area contributed by atoms with Crippen molar-refractivity contribution >= 4 is 38.0 Å². The fraction of sp³-hybridized carbons (Fsp3) is 0.412. The molecule has 8 heteroatoms. The van der Waals surface area contributed by atoms with Gasteiger partial charge < -0.3 is 9.64 Å². The molecule has 0 spiro atoms. The van der Waals surface area contributed by atoms with Crippen LogP contribution in [0, 0.1) is 0 Å². The zero-order valence-electron chi connectivity index (χ0n) is 13.8. The SMILES string of the molecule is CN1CC(c2ccc(Cl)cc2)c2cc(N3CCOCC3)sc2S1(=O)=O. The normalized spacial score (nSPS) is 23.4. The van der Waals surface area contributed by atoms with Gasteiger partial charge in [0.15, 0.2) is 0 Å². The molecule has 2 aliphatic heterocycles. The summed E-state index contributed by atoms with van der Waals surface area (Å²) < 4.78 is 32.9. The lowest BCUT2D eigenvalue weighted by Crippen LogP contribution is -2.36. The summed E-state index contributed by atoms with van der Waals surface area (Å²) in [6.45, 7) is 3.38. The van der Waals surface area contributed by atoms with E-state index in [0.29, 0.717) is 29.0 Å². The molecule has 134 valence electrons. The lowest BCUT2D eigenvalue weighted by molar-refractivity contribution is 0.123. The van der Waals surface area contributed by atoms with Crippen LogP contribution in [-0.4, -0.2) is 52.6 Å². The number of benzene rings is 1. The van der Waals surface area contributed by atoms with Gasteiger partial charge in [-0.15, -0.1) is 11.3 Å². The third kappa shape index (κ3) is 3.08. The van der Waals surface area contributed by atoms with Crippen molar-refractivity contribution in [3.8, 4) is 0 Å². The van der Waals surface area contributed by atoms with Crippen LogP contribution in [0.5, 0.6) is 0 Å². The van der Waals surface area contributed by atoms with Gasteiger partial charge in [-0.25, -0.2) is 8.42 Å². The summed E-state index contributed by atoms with van der Waals surface area (Å²) in [6, 6.07) is 9.72. The van der Waals surface area contributed by atoms with Gasteiger partial charge in [-0.05, 0) is 29.3 Å². The Bertz CT molecular complexity index is 874. The first-order valence-corrected chi connectivity index (χ1v) is 10.8. The number of likely N-dealkylation sites (N-methyl/N-ethyl adjacent to an activating group) is 1. The van der Waals surface area contributed by atoms with E-state index in [9.17, 15) is 8.42 Å². The Morgan fingerprint density at radius 3 is 2.56 bits per heavy atom. The molecule has 0 amide bonds. The summed E-state index contributed by atoms with van der Waals surface area (Å²) in [6.07, 6.45) is 0. The first-order chi connectivity index (χ1) is 12.0. The van der Waals surface area contributed by atoms with E-state index in [1.807, 2.05) is 24.3 Å². The Morgan fingerprint density at radius 2 is 1.88 bits per heavy atom. The van der Waals surface area contributed by atoms with E-state index in [1.54, 1.807) is 7.05 Å². The van der Waals surface area contributed by atoms with E-state index in [1.165, 1.54) is 15.6 Å². The minimum Gasteiger partial charge on any atom is -0.378 e. The highest BCUT2D eigenvalue weighted by Crippen LogP contribution is 2.44. The van der Waals surface area contributed by atoms with E-state index >= 15 is 0 Å². The maximum absolute atomic E-state index is 12.8. The molecule has 1 atom stereocenters.